The molecule has 0 bridgehead atoms. The van der Waals surface area contributed by atoms with Gasteiger partial charge in [0.25, 0.3) is 5.91 Å². The summed E-state index contributed by atoms with van der Waals surface area (Å²) in [4.78, 5) is 15.6. The normalized spacial score (nSPS) is 8.83. The molecule has 7 heteroatoms. The fourth-order valence-corrected chi connectivity index (χ4v) is 0.450. The van der Waals surface area contributed by atoms with Gasteiger partial charge in [0.1, 0.15) is 12.9 Å². The molecule has 0 aromatic heterocycles. The fraction of sp³-hybridized carbons (Fsp3) is 0.600. The van der Waals surface area contributed by atoms with Crippen molar-refractivity contribution in [2.45, 2.75) is 0 Å². The van der Waals surface area contributed by atoms with Crippen molar-refractivity contribution in [3.05, 3.63) is 0 Å². The molecular weight excluding hydrogens is 162 g/mol. The Bertz CT molecular complexity index is 175. The second kappa shape index (κ2) is 5.19. The smallest absolute Gasteiger partial charge is 0.267 e. The van der Waals surface area contributed by atoms with Crippen LogP contribution >= 0.6 is 0 Å². The molecule has 0 atom stereocenters. The van der Waals surface area contributed by atoms with E-state index in [0.717, 1.165) is 16.4 Å². The van der Waals surface area contributed by atoms with E-state index in [1.807, 2.05) is 0 Å². The summed E-state index contributed by atoms with van der Waals surface area (Å²) in [6.07, 6.45) is 0.786. The van der Waals surface area contributed by atoms with Gasteiger partial charge in [-0.1, -0.05) is 5.22 Å². The molecule has 0 spiro atoms. The van der Waals surface area contributed by atoms with E-state index in [0.29, 0.717) is 0 Å². The molecule has 0 unspecified atom stereocenters. The predicted molar refractivity (Wildman–Crippen MR) is 40.4 cm³/mol. The van der Waals surface area contributed by atoms with Crippen LogP contribution in [-0.4, -0.2) is 43.0 Å². The molecule has 0 saturated carbocycles. The first-order valence-corrected chi connectivity index (χ1v) is 3.11. The molecule has 0 fully saturated rings. The topological polar surface area (TPSA) is 92.8 Å². The van der Waals surface area contributed by atoms with Gasteiger partial charge in [-0.2, -0.15) is 5.53 Å². The number of carbonyl (C=O) groups excluding carboxylic acids is 1. The number of carbonyl (C=O) groups is 1. The van der Waals surface area contributed by atoms with Crippen LogP contribution in [0.25, 0.3) is 0 Å². The van der Waals surface area contributed by atoms with Crippen molar-refractivity contribution in [1.82, 2.24) is 10.1 Å². The summed E-state index contributed by atoms with van der Waals surface area (Å²) in [5, 5.41) is 11.5. The molecule has 0 radical (unpaired) electrons. The molecule has 1 amide bonds. The fourth-order valence-electron chi connectivity index (χ4n) is 0.450. The zero-order valence-electron chi connectivity index (χ0n) is 6.94. The Balaban J connectivity index is 3.97. The van der Waals surface area contributed by atoms with Gasteiger partial charge < -0.3 is 0 Å². The molecule has 7 nitrogen and oxygen atoms in total. The second-order valence-corrected chi connectivity index (χ2v) is 1.90. The maximum absolute atomic E-state index is 11.0. The number of hydrogen-bond donors (Lipinski definition) is 2. The van der Waals surface area contributed by atoms with Gasteiger partial charge in [0.15, 0.2) is 0 Å². The van der Waals surface area contributed by atoms with Gasteiger partial charge in [0.2, 0.25) is 0 Å². The third kappa shape index (κ3) is 3.06. The molecule has 0 rings (SSSR count). The average molecular weight is 173 g/mol. The van der Waals surface area contributed by atoms with Gasteiger partial charge in [-0.15, -0.1) is 0 Å². The largest absolute Gasteiger partial charge is 0.290 e. The van der Waals surface area contributed by atoms with Crippen molar-refractivity contribution in [2.75, 3.05) is 20.7 Å². The molecule has 2 N–H and O–H groups in total. The SMILES string of the molecule is CON(C)C(=O)CN(C=N)N=N. The maximum Gasteiger partial charge on any atom is 0.267 e. The van der Waals surface area contributed by atoms with Crippen molar-refractivity contribution < 1.29 is 9.63 Å². The van der Waals surface area contributed by atoms with E-state index < -0.39 is 0 Å². The highest BCUT2D eigenvalue weighted by atomic mass is 16.7. The number of nitrogens with one attached hydrogen (secondary N) is 2. The Morgan fingerprint density at radius 2 is 2.33 bits per heavy atom. The molecular formula is C5H11N5O2. The minimum atomic E-state index is -0.378. The van der Waals surface area contributed by atoms with Crippen molar-refractivity contribution in [1.29, 1.82) is 10.9 Å². The van der Waals surface area contributed by atoms with Crippen LogP contribution in [0.3, 0.4) is 0 Å². The first kappa shape index (κ1) is 10.5. The highest BCUT2D eigenvalue weighted by Crippen LogP contribution is 1.89. The second-order valence-electron chi connectivity index (χ2n) is 1.90. The lowest BCUT2D eigenvalue weighted by molar-refractivity contribution is -0.168. The van der Waals surface area contributed by atoms with Crippen LogP contribution in [0.15, 0.2) is 5.22 Å². The molecule has 0 aromatic carbocycles. The van der Waals surface area contributed by atoms with Crippen molar-refractivity contribution in [3.8, 4) is 0 Å². The van der Waals surface area contributed by atoms with Gasteiger partial charge in [-0.3, -0.25) is 15.0 Å². The van der Waals surface area contributed by atoms with Crippen LogP contribution in [0.4, 0.5) is 0 Å². The molecule has 0 aromatic rings. The number of hydroxylamine groups is 2. The monoisotopic (exact) mass is 173 g/mol. The summed E-state index contributed by atoms with van der Waals surface area (Å²) in [5.41, 5.74) is 6.54. The Morgan fingerprint density at radius 3 is 2.67 bits per heavy atom. The Hall–Kier alpha value is -1.50. The average Bonchev–Trinajstić information content (AvgIpc) is 2.12. The van der Waals surface area contributed by atoms with E-state index in [1.54, 1.807) is 0 Å². The van der Waals surface area contributed by atoms with Gasteiger partial charge >= 0.3 is 0 Å². The molecule has 0 aliphatic heterocycles. The van der Waals surface area contributed by atoms with Crippen LogP contribution < -0.4 is 0 Å². The molecule has 12 heavy (non-hydrogen) atoms. The third-order valence-electron chi connectivity index (χ3n) is 1.20. The predicted octanol–water partition coefficient (Wildman–Crippen LogP) is -0.139. The maximum atomic E-state index is 11.0. The Kier molecular flexibility index (Phi) is 4.54. The van der Waals surface area contributed by atoms with E-state index in [9.17, 15) is 4.79 Å². The molecule has 0 aliphatic rings. The van der Waals surface area contributed by atoms with Gasteiger partial charge in [0, 0.05) is 7.05 Å². The van der Waals surface area contributed by atoms with Crippen LogP contribution in [0.5, 0.6) is 0 Å². The minimum Gasteiger partial charge on any atom is -0.290 e. The van der Waals surface area contributed by atoms with Gasteiger partial charge in [0.05, 0.1) is 7.11 Å². The standard InChI is InChI=1S/C5H11N5O2/c1-9(12-2)5(11)3-10(4-6)8-7/h4,6-7H,3H2,1-2H3. The van der Waals surface area contributed by atoms with Gasteiger partial charge in [-0.05, 0) is 0 Å². The Morgan fingerprint density at radius 1 is 1.75 bits per heavy atom. The summed E-state index contributed by atoms with van der Waals surface area (Å²) in [7, 11) is 2.79. The van der Waals surface area contributed by atoms with Crippen LogP contribution in [0, 0.1) is 10.9 Å². The molecule has 0 saturated heterocycles. The third-order valence-corrected chi connectivity index (χ3v) is 1.20. The highest BCUT2D eigenvalue weighted by molar-refractivity contribution is 5.78. The summed E-state index contributed by atoms with van der Waals surface area (Å²) in [6, 6.07) is 0. The van der Waals surface area contributed by atoms with E-state index in [2.05, 4.69) is 10.1 Å². The van der Waals surface area contributed by atoms with E-state index >= 15 is 0 Å². The molecule has 68 valence electrons. The first-order chi connectivity index (χ1) is 5.65. The van der Waals surface area contributed by atoms with E-state index in [-0.39, 0.29) is 12.5 Å². The summed E-state index contributed by atoms with van der Waals surface area (Å²) >= 11 is 0. The number of amides is 1. The summed E-state index contributed by atoms with van der Waals surface area (Å²) < 4.78 is 0. The van der Waals surface area contributed by atoms with Crippen molar-refractivity contribution in [2.24, 2.45) is 5.22 Å². The lowest BCUT2D eigenvalue weighted by Crippen LogP contribution is -2.34. The zero-order chi connectivity index (χ0) is 9.56. The van der Waals surface area contributed by atoms with Crippen molar-refractivity contribution in [3.63, 3.8) is 0 Å². The number of rotatable bonds is 5. The number of likely N-dealkylation sites (N-methyl/N-ethyl adjacent to an activating group) is 1. The zero-order valence-corrected chi connectivity index (χ0v) is 6.94. The molecule has 0 aliphatic carbocycles. The van der Waals surface area contributed by atoms with Crippen LogP contribution in [0.1, 0.15) is 0 Å². The minimum absolute atomic E-state index is 0.169. The number of hydrogen-bond acceptors (Lipinski definition) is 5. The van der Waals surface area contributed by atoms with Crippen LogP contribution in [0.2, 0.25) is 0 Å². The van der Waals surface area contributed by atoms with E-state index in [4.69, 9.17) is 10.9 Å². The number of nitrogens with zero attached hydrogens (tertiary/aromatic N) is 3. The quantitative estimate of drug-likeness (QED) is 0.262. The van der Waals surface area contributed by atoms with E-state index in [1.165, 1.54) is 14.2 Å². The first-order valence-electron chi connectivity index (χ1n) is 3.11. The summed E-state index contributed by atoms with van der Waals surface area (Å²) in [5.74, 6) is -0.378. The molecule has 0 heterocycles. The van der Waals surface area contributed by atoms with Crippen molar-refractivity contribution >= 4 is 12.2 Å². The lowest BCUT2D eigenvalue weighted by atomic mass is 10.6. The lowest BCUT2D eigenvalue weighted by Gasteiger charge is -2.16. The Labute approximate surface area is 69.8 Å². The summed E-state index contributed by atoms with van der Waals surface area (Å²) in [6.45, 7) is -0.169. The van der Waals surface area contributed by atoms with Gasteiger partial charge in [-0.25, -0.2) is 10.1 Å². The van der Waals surface area contributed by atoms with Crippen LogP contribution in [-0.2, 0) is 9.63 Å². The highest BCUT2D eigenvalue weighted by Gasteiger charge is 2.10.